The summed E-state index contributed by atoms with van der Waals surface area (Å²) in [5, 5.41) is 0.743. The van der Waals surface area contributed by atoms with Gasteiger partial charge in [0.05, 0.1) is 5.52 Å². The molecule has 2 amide bonds. The number of pyridine rings is 1. The largest absolute Gasteiger partial charge is 0.456 e. The Labute approximate surface area is 304 Å². The molecule has 0 unspecified atom stereocenters. The quantitative estimate of drug-likeness (QED) is 0.192. The molecule has 2 aromatic rings. The number of hydrogen-bond donors (Lipinski definition) is 0. The molecule has 0 N–H and O–H groups in total. The topological polar surface area (TPSA) is 162 Å². The van der Waals surface area contributed by atoms with E-state index in [4.69, 9.17) is 23.9 Å². The van der Waals surface area contributed by atoms with Gasteiger partial charge in [-0.3, -0.25) is 19.4 Å². The van der Waals surface area contributed by atoms with Crippen molar-refractivity contribution in [2.75, 3.05) is 44.3 Å². The van der Waals surface area contributed by atoms with Crippen LogP contribution in [0.3, 0.4) is 0 Å². The number of esters is 2. The lowest BCUT2D eigenvalue weighted by atomic mass is 9.93. The Morgan fingerprint density at radius 1 is 0.692 bits per heavy atom. The predicted molar refractivity (Wildman–Crippen MR) is 190 cm³/mol. The van der Waals surface area contributed by atoms with E-state index in [-0.39, 0.29) is 24.1 Å². The SMILES string of the molecule is CC(C)(C)OC(=O)N1CCC[C@@H]1C(=O)OCC(=O)C1CCN(c2ccc3cc(C(=O)COC(=O)[C@@H]4CCCN4C(=O)OC(C)(C)C)ccc3n2)CC1. The molecule has 52 heavy (non-hydrogen) atoms. The van der Waals surface area contributed by atoms with Crippen LogP contribution in [-0.2, 0) is 33.3 Å². The maximum Gasteiger partial charge on any atom is 0.411 e. The van der Waals surface area contributed by atoms with Crippen molar-refractivity contribution in [2.24, 2.45) is 5.92 Å². The summed E-state index contributed by atoms with van der Waals surface area (Å²) in [7, 11) is 0. The average molecular weight is 723 g/mol. The third kappa shape index (κ3) is 9.77. The van der Waals surface area contributed by atoms with E-state index in [1.54, 1.807) is 59.7 Å². The first-order valence-electron chi connectivity index (χ1n) is 18.0. The second kappa shape index (κ2) is 15.9. The summed E-state index contributed by atoms with van der Waals surface area (Å²) in [4.78, 5) is 86.2. The second-order valence-electron chi connectivity index (χ2n) is 15.6. The lowest BCUT2D eigenvalue weighted by Crippen LogP contribution is -2.44. The number of benzene rings is 1. The highest BCUT2D eigenvalue weighted by Crippen LogP contribution is 2.27. The van der Waals surface area contributed by atoms with Crippen molar-refractivity contribution in [3.8, 4) is 0 Å². The molecule has 3 aliphatic rings. The number of likely N-dealkylation sites (tertiary alicyclic amines) is 2. The summed E-state index contributed by atoms with van der Waals surface area (Å²) in [5.41, 5.74) is -0.325. The maximum atomic E-state index is 13.0. The Morgan fingerprint density at radius 3 is 1.77 bits per heavy atom. The minimum Gasteiger partial charge on any atom is -0.456 e. The van der Waals surface area contributed by atoms with Crippen LogP contribution in [0.1, 0.15) is 90.4 Å². The van der Waals surface area contributed by atoms with Gasteiger partial charge < -0.3 is 23.8 Å². The van der Waals surface area contributed by atoms with Crippen LogP contribution in [0.5, 0.6) is 0 Å². The molecule has 1 aromatic carbocycles. The number of carbonyl (C=O) groups is 6. The third-order valence-corrected chi connectivity index (χ3v) is 9.28. The van der Waals surface area contributed by atoms with E-state index in [2.05, 4.69) is 4.90 Å². The lowest BCUT2D eigenvalue weighted by molar-refractivity contribution is -0.153. The van der Waals surface area contributed by atoms with Gasteiger partial charge in [0.25, 0.3) is 0 Å². The van der Waals surface area contributed by atoms with Gasteiger partial charge in [-0.2, -0.15) is 0 Å². The number of ketones is 2. The fourth-order valence-corrected chi connectivity index (χ4v) is 6.67. The smallest absolute Gasteiger partial charge is 0.411 e. The first-order chi connectivity index (χ1) is 24.5. The van der Waals surface area contributed by atoms with Crippen molar-refractivity contribution < 1.29 is 47.7 Å². The van der Waals surface area contributed by atoms with E-state index in [0.29, 0.717) is 75.8 Å². The second-order valence-corrected chi connectivity index (χ2v) is 15.6. The number of piperidine rings is 1. The molecule has 5 rings (SSSR count). The number of aromatic nitrogens is 1. The van der Waals surface area contributed by atoms with Crippen LogP contribution in [0, 0.1) is 5.92 Å². The van der Waals surface area contributed by atoms with Crippen LogP contribution in [0.25, 0.3) is 10.9 Å². The lowest BCUT2D eigenvalue weighted by Gasteiger charge is -2.32. The van der Waals surface area contributed by atoms with E-state index in [9.17, 15) is 28.8 Å². The van der Waals surface area contributed by atoms with Crippen molar-refractivity contribution in [1.82, 2.24) is 14.8 Å². The molecule has 3 saturated heterocycles. The van der Waals surface area contributed by atoms with Crippen LogP contribution in [0.2, 0.25) is 0 Å². The van der Waals surface area contributed by atoms with Gasteiger partial charge in [-0.15, -0.1) is 0 Å². The molecular weight excluding hydrogens is 672 g/mol. The fraction of sp³-hybridized carbons (Fsp3) is 0.605. The molecular formula is C38H50N4O10. The molecule has 0 radical (unpaired) electrons. The molecule has 3 aliphatic heterocycles. The Morgan fingerprint density at radius 2 is 1.23 bits per heavy atom. The number of nitrogens with zero attached hydrogens (tertiary/aromatic N) is 4. The average Bonchev–Trinajstić information content (AvgIpc) is 3.79. The van der Waals surface area contributed by atoms with Crippen molar-refractivity contribution in [2.45, 2.75) is 103 Å². The molecule has 0 aliphatic carbocycles. The zero-order chi connectivity index (χ0) is 37.8. The predicted octanol–water partition coefficient (Wildman–Crippen LogP) is 5.09. The van der Waals surface area contributed by atoms with Gasteiger partial charge in [-0.1, -0.05) is 0 Å². The summed E-state index contributed by atoms with van der Waals surface area (Å²) < 4.78 is 21.6. The van der Waals surface area contributed by atoms with Gasteiger partial charge in [0, 0.05) is 43.0 Å². The Balaban J connectivity index is 1.08. The summed E-state index contributed by atoms with van der Waals surface area (Å²) >= 11 is 0. The van der Waals surface area contributed by atoms with Gasteiger partial charge >= 0.3 is 24.1 Å². The van der Waals surface area contributed by atoms with Crippen molar-refractivity contribution >= 4 is 52.4 Å². The van der Waals surface area contributed by atoms with Gasteiger partial charge in [0.1, 0.15) is 35.7 Å². The van der Waals surface area contributed by atoms with Crippen molar-refractivity contribution in [3.63, 3.8) is 0 Å². The molecule has 14 nitrogen and oxygen atoms in total. The number of anilines is 1. The highest BCUT2D eigenvalue weighted by Gasteiger charge is 2.39. The monoisotopic (exact) mass is 722 g/mol. The molecule has 14 heteroatoms. The molecule has 0 spiro atoms. The first-order valence-corrected chi connectivity index (χ1v) is 18.0. The molecule has 4 heterocycles. The molecule has 0 saturated carbocycles. The maximum absolute atomic E-state index is 13.0. The van der Waals surface area contributed by atoms with Crippen LogP contribution >= 0.6 is 0 Å². The Hall–Kier alpha value is -4.75. The number of hydrogen-bond acceptors (Lipinski definition) is 12. The summed E-state index contributed by atoms with van der Waals surface area (Å²) in [6.45, 7) is 11.7. The van der Waals surface area contributed by atoms with Gasteiger partial charge in [-0.25, -0.2) is 24.2 Å². The summed E-state index contributed by atoms with van der Waals surface area (Å²) in [6, 6.07) is 7.28. The van der Waals surface area contributed by atoms with E-state index >= 15 is 0 Å². The minimum atomic E-state index is -0.789. The molecule has 1 aromatic heterocycles. The summed E-state index contributed by atoms with van der Waals surface area (Å²) in [6.07, 6.45) is 2.22. The van der Waals surface area contributed by atoms with Crippen LogP contribution in [-0.4, -0.2) is 113 Å². The number of ether oxygens (including phenoxy) is 4. The van der Waals surface area contributed by atoms with E-state index in [0.717, 1.165) is 11.2 Å². The van der Waals surface area contributed by atoms with E-state index < -0.39 is 54.0 Å². The number of fused-ring (bicyclic) bond motifs is 1. The van der Waals surface area contributed by atoms with Gasteiger partial charge in [-0.05, 0) is 110 Å². The van der Waals surface area contributed by atoms with Crippen LogP contribution in [0.15, 0.2) is 30.3 Å². The van der Waals surface area contributed by atoms with E-state index in [1.807, 2.05) is 12.1 Å². The Kier molecular flexibility index (Phi) is 11.7. The third-order valence-electron chi connectivity index (χ3n) is 9.28. The molecule has 282 valence electrons. The van der Waals surface area contributed by atoms with Crippen molar-refractivity contribution in [1.29, 1.82) is 0 Å². The van der Waals surface area contributed by atoms with Crippen LogP contribution < -0.4 is 4.90 Å². The van der Waals surface area contributed by atoms with Gasteiger partial charge in [0.15, 0.2) is 18.2 Å². The number of carbonyl (C=O) groups excluding carboxylic acids is 6. The highest BCUT2D eigenvalue weighted by atomic mass is 16.6. The summed E-state index contributed by atoms with van der Waals surface area (Å²) in [5.74, 6) is -1.25. The highest BCUT2D eigenvalue weighted by molar-refractivity contribution is 6.01. The Bertz CT molecular complexity index is 1690. The first kappa shape index (κ1) is 38.5. The standard InChI is InChI=1S/C38H50N4O10/c1-37(2,3)51-35(47)41-17-7-9-28(41)33(45)49-22-30(43)24-15-19-40(20-16-24)32-14-12-25-21-26(11-13-27(25)39-32)31(44)23-50-34(46)29-10-8-18-42(29)36(48)52-38(4,5)6/h11-14,21,24,28-29H,7-10,15-20,22-23H2,1-6H3/t28-,29+/m1/s1. The normalized spacial score (nSPS) is 19.8. The number of Topliss-reactive ketones (excluding diaryl/α,β-unsaturated/α-hetero) is 2. The zero-order valence-electron chi connectivity index (χ0n) is 31.0. The fourth-order valence-electron chi connectivity index (χ4n) is 6.67. The van der Waals surface area contributed by atoms with Gasteiger partial charge in [0.2, 0.25) is 0 Å². The van der Waals surface area contributed by atoms with Crippen molar-refractivity contribution in [3.05, 3.63) is 35.9 Å². The minimum absolute atomic E-state index is 0.146. The van der Waals surface area contributed by atoms with E-state index in [1.165, 1.54) is 9.80 Å². The zero-order valence-corrected chi connectivity index (χ0v) is 31.0. The number of amides is 2. The molecule has 2 atom stereocenters. The molecule has 0 bridgehead atoms. The molecule has 3 fully saturated rings. The van der Waals surface area contributed by atoms with Crippen LogP contribution in [0.4, 0.5) is 15.4 Å². The number of rotatable bonds is 9.